The molecule has 3 rings (SSSR count). The van der Waals surface area contributed by atoms with Crippen molar-refractivity contribution >= 4 is 28.9 Å². The molecule has 0 radical (unpaired) electrons. The van der Waals surface area contributed by atoms with Crippen molar-refractivity contribution in [3.05, 3.63) is 51.5 Å². The third-order valence-corrected chi connectivity index (χ3v) is 3.78. The van der Waals surface area contributed by atoms with E-state index in [0.29, 0.717) is 23.1 Å². The number of aryl methyl sites for hydroxylation is 1. The second-order valence-corrected chi connectivity index (χ2v) is 5.45. The molecule has 0 fully saturated rings. The van der Waals surface area contributed by atoms with Crippen LogP contribution in [0.2, 0.25) is 10.0 Å². The second kappa shape index (κ2) is 5.43. The third-order valence-electron chi connectivity index (χ3n) is 3.24. The van der Waals surface area contributed by atoms with Gasteiger partial charge in [-0.3, -0.25) is 0 Å². The molecule has 0 aromatic heterocycles. The summed E-state index contributed by atoms with van der Waals surface area (Å²) in [5, 5.41) is 4.66. The average molecular weight is 310 g/mol. The maximum atomic E-state index is 6.22. The molecule has 0 saturated heterocycles. The standard InChI is InChI=1S/C15H13Cl2NO2/c1-9-4-11(16)3-2-10(9)7-18-13-6-15-14(5-12(13)17)19-8-20-15/h2-6,18H,7-8H2,1H3. The van der Waals surface area contributed by atoms with E-state index in [0.717, 1.165) is 16.3 Å². The number of anilines is 1. The van der Waals surface area contributed by atoms with Gasteiger partial charge in [0.1, 0.15) is 0 Å². The van der Waals surface area contributed by atoms with Crippen molar-refractivity contribution in [2.45, 2.75) is 13.5 Å². The van der Waals surface area contributed by atoms with Gasteiger partial charge in [-0.2, -0.15) is 0 Å². The van der Waals surface area contributed by atoms with Gasteiger partial charge in [0.15, 0.2) is 11.5 Å². The van der Waals surface area contributed by atoms with Gasteiger partial charge in [-0.25, -0.2) is 0 Å². The number of nitrogens with one attached hydrogen (secondary N) is 1. The first-order valence-electron chi connectivity index (χ1n) is 6.21. The predicted octanol–water partition coefficient (Wildman–Crippen LogP) is 4.64. The summed E-state index contributed by atoms with van der Waals surface area (Å²) in [6, 6.07) is 9.45. The lowest BCUT2D eigenvalue weighted by Gasteiger charge is -2.11. The van der Waals surface area contributed by atoms with Gasteiger partial charge in [-0.05, 0) is 30.2 Å². The smallest absolute Gasteiger partial charge is 0.231 e. The van der Waals surface area contributed by atoms with Crippen LogP contribution in [0, 0.1) is 6.92 Å². The summed E-state index contributed by atoms with van der Waals surface area (Å²) in [7, 11) is 0. The van der Waals surface area contributed by atoms with Crippen molar-refractivity contribution in [1.82, 2.24) is 0 Å². The highest BCUT2D eigenvalue weighted by Gasteiger charge is 2.16. The zero-order chi connectivity index (χ0) is 14.1. The number of ether oxygens (including phenoxy) is 2. The minimum absolute atomic E-state index is 0.241. The number of halogens is 2. The molecule has 0 spiro atoms. The first kappa shape index (κ1) is 13.4. The number of hydrogen-bond donors (Lipinski definition) is 1. The minimum Gasteiger partial charge on any atom is -0.454 e. The van der Waals surface area contributed by atoms with Gasteiger partial charge in [0.2, 0.25) is 6.79 Å². The Morgan fingerprint density at radius 3 is 2.60 bits per heavy atom. The van der Waals surface area contributed by atoms with Gasteiger partial charge in [-0.15, -0.1) is 0 Å². The van der Waals surface area contributed by atoms with E-state index in [2.05, 4.69) is 5.32 Å². The highest BCUT2D eigenvalue weighted by atomic mass is 35.5. The molecule has 2 aromatic rings. The molecule has 5 heteroatoms. The Balaban J connectivity index is 1.78. The molecule has 20 heavy (non-hydrogen) atoms. The minimum atomic E-state index is 0.241. The van der Waals surface area contributed by atoms with E-state index in [1.165, 1.54) is 5.56 Å². The van der Waals surface area contributed by atoms with Crippen LogP contribution in [0.5, 0.6) is 11.5 Å². The van der Waals surface area contributed by atoms with Gasteiger partial charge in [-0.1, -0.05) is 29.3 Å². The van der Waals surface area contributed by atoms with E-state index >= 15 is 0 Å². The van der Waals surface area contributed by atoms with Gasteiger partial charge in [0, 0.05) is 23.7 Å². The summed E-state index contributed by atoms with van der Waals surface area (Å²) in [5.41, 5.74) is 3.13. The zero-order valence-corrected chi connectivity index (χ0v) is 12.4. The van der Waals surface area contributed by atoms with Crippen molar-refractivity contribution in [3.63, 3.8) is 0 Å². The molecule has 1 aliphatic heterocycles. The monoisotopic (exact) mass is 309 g/mol. The summed E-state index contributed by atoms with van der Waals surface area (Å²) in [6.45, 7) is 2.94. The van der Waals surface area contributed by atoms with Gasteiger partial charge in [0.25, 0.3) is 0 Å². The fourth-order valence-corrected chi connectivity index (χ4v) is 2.55. The number of fused-ring (bicyclic) bond motifs is 1. The van der Waals surface area contributed by atoms with Crippen LogP contribution in [-0.2, 0) is 6.54 Å². The van der Waals surface area contributed by atoms with Crippen LogP contribution in [0.3, 0.4) is 0 Å². The van der Waals surface area contributed by atoms with E-state index in [1.54, 1.807) is 6.07 Å². The molecule has 0 amide bonds. The fraction of sp³-hybridized carbons (Fsp3) is 0.200. The van der Waals surface area contributed by atoms with Crippen LogP contribution in [0.15, 0.2) is 30.3 Å². The van der Waals surface area contributed by atoms with Crippen LogP contribution < -0.4 is 14.8 Å². The Bertz CT molecular complexity index is 659. The first-order chi connectivity index (χ1) is 9.63. The van der Waals surface area contributed by atoms with Gasteiger partial charge >= 0.3 is 0 Å². The molecular formula is C15H13Cl2NO2. The van der Waals surface area contributed by atoms with Gasteiger partial charge in [0.05, 0.1) is 10.7 Å². The number of benzene rings is 2. The second-order valence-electron chi connectivity index (χ2n) is 4.61. The maximum Gasteiger partial charge on any atom is 0.231 e. The molecule has 104 valence electrons. The lowest BCUT2D eigenvalue weighted by molar-refractivity contribution is 0.174. The largest absolute Gasteiger partial charge is 0.454 e. The lowest BCUT2D eigenvalue weighted by Crippen LogP contribution is -2.01. The first-order valence-corrected chi connectivity index (χ1v) is 6.97. The summed E-state index contributed by atoms with van der Waals surface area (Å²) < 4.78 is 10.6. The molecule has 3 nitrogen and oxygen atoms in total. The highest BCUT2D eigenvalue weighted by Crippen LogP contribution is 2.39. The molecule has 0 aliphatic carbocycles. The van der Waals surface area contributed by atoms with Crippen LogP contribution in [-0.4, -0.2) is 6.79 Å². The molecule has 1 N–H and O–H groups in total. The summed E-state index contributed by atoms with van der Waals surface area (Å²) in [4.78, 5) is 0. The summed E-state index contributed by atoms with van der Waals surface area (Å²) in [5.74, 6) is 1.40. The molecule has 1 aliphatic rings. The van der Waals surface area contributed by atoms with Crippen LogP contribution >= 0.6 is 23.2 Å². The molecule has 0 bridgehead atoms. The molecule has 0 saturated carbocycles. The van der Waals surface area contributed by atoms with Crippen LogP contribution in [0.1, 0.15) is 11.1 Å². The van der Waals surface area contributed by atoms with E-state index in [-0.39, 0.29) is 6.79 Å². The van der Waals surface area contributed by atoms with Crippen LogP contribution in [0.4, 0.5) is 5.69 Å². The van der Waals surface area contributed by atoms with Crippen molar-refractivity contribution < 1.29 is 9.47 Å². The fourth-order valence-electron chi connectivity index (χ4n) is 2.10. The normalized spacial score (nSPS) is 12.6. The summed E-state index contributed by atoms with van der Waals surface area (Å²) in [6.07, 6.45) is 0. The SMILES string of the molecule is Cc1cc(Cl)ccc1CNc1cc2c(cc1Cl)OCO2. The van der Waals surface area contributed by atoms with Crippen molar-refractivity contribution in [1.29, 1.82) is 0 Å². The molecule has 1 heterocycles. The molecule has 2 aromatic carbocycles. The van der Waals surface area contributed by atoms with E-state index in [9.17, 15) is 0 Å². The molecule has 0 atom stereocenters. The van der Waals surface area contributed by atoms with Crippen molar-refractivity contribution in [3.8, 4) is 11.5 Å². The average Bonchev–Trinajstić information content (AvgIpc) is 2.84. The van der Waals surface area contributed by atoms with Crippen LogP contribution in [0.25, 0.3) is 0 Å². The Morgan fingerprint density at radius 1 is 1.10 bits per heavy atom. The van der Waals surface area contributed by atoms with E-state index < -0.39 is 0 Å². The van der Waals surface area contributed by atoms with E-state index in [4.69, 9.17) is 32.7 Å². The molecule has 0 unspecified atom stereocenters. The third kappa shape index (κ3) is 2.65. The maximum absolute atomic E-state index is 6.22. The Morgan fingerprint density at radius 2 is 1.85 bits per heavy atom. The van der Waals surface area contributed by atoms with E-state index in [1.807, 2.05) is 31.2 Å². The lowest BCUT2D eigenvalue weighted by atomic mass is 10.1. The number of rotatable bonds is 3. The van der Waals surface area contributed by atoms with Crippen molar-refractivity contribution in [2.24, 2.45) is 0 Å². The topological polar surface area (TPSA) is 30.5 Å². The Hall–Kier alpha value is -1.58. The highest BCUT2D eigenvalue weighted by molar-refractivity contribution is 6.33. The Labute approximate surface area is 127 Å². The van der Waals surface area contributed by atoms with Gasteiger partial charge < -0.3 is 14.8 Å². The quantitative estimate of drug-likeness (QED) is 0.895. The molecular weight excluding hydrogens is 297 g/mol. The summed E-state index contributed by atoms with van der Waals surface area (Å²) >= 11 is 12.2. The Kier molecular flexibility index (Phi) is 3.64. The van der Waals surface area contributed by atoms with Crippen molar-refractivity contribution in [2.75, 3.05) is 12.1 Å². The predicted molar refractivity (Wildman–Crippen MR) is 81.1 cm³/mol. The zero-order valence-electron chi connectivity index (χ0n) is 10.9. The number of hydrogen-bond acceptors (Lipinski definition) is 3.